The Morgan fingerprint density at radius 3 is 2.54 bits per heavy atom. The molecule has 0 radical (unpaired) electrons. The first-order valence-electron chi connectivity index (χ1n) is 8.92. The number of hydrogen-bond acceptors (Lipinski definition) is 7. The largest absolute Gasteiger partial charge is 0.444 e. The van der Waals surface area contributed by atoms with Crippen molar-refractivity contribution >= 4 is 11.5 Å². The second-order valence-electron chi connectivity index (χ2n) is 7.01. The van der Waals surface area contributed by atoms with Crippen LogP contribution in [0.4, 0.5) is 11.5 Å². The summed E-state index contributed by atoms with van der Waals surface area (Å²) in [6, 6.07) is 0. The van der Waals surface area contributed by atoms with Gasteiger partial charge in [-0.15, -0.1) is 0 Å². The zero-order valence-electron chi connectivity index (χ0n) is 15.8. The van der Waals surface area contributed by atoms with Crippen LogP contribution in [0, 0.1) is 36.8 Å². The van der Waals surface area contributed by atoms with Crippen molar-refractivity contribution in [1.29, 1.82) is 0 Å². The molecule has 2 aromatic rings. The Labute approximate surface area is 152 Å². The van der Waals surface area contributed by atoms with Gasteiger partial charge >= 0.3 is 5.69 Å². The summed E-state index contributed by atoms with van der Waals surface area (Å²) >= 11 is 0. The van der Waals surface area contributed by atoms with E-state index in [0.717, 1.165) is 49.8 Å². The number of likely N-dealkylation sites (tertiary alicyclic amines) is 1. The summed E-state index contributed by atoms with van der Waals surface area (Å²) in [6.07, 6.45) is 2.08. The van der Waals surface area contributed by atoms with Crippen LogP contribution in [0.3, 0.4) is 0 Å². The molecule has 1 saturated heterocycles. The van der Waals surface area contributed by atoms with E-state index in [4.69, 9.17) is 4.42 Å². The van der Waals surface area contributed by atoms with Gasteiger partial charge in [0.2, 0.25) is 11.7 Å². The molecule has 0 amide bonds. The second-order valence-corrected chi connectivity index (χ2v) is 7.01. The summed E-state index contributed by atoms with van der Waals surface area (Å²) in [6.45, 7) is 8.95. The molecule has 26 heavy (non-hydrogen) atoms. The molecular formula is C17H26N6O3. The fourth-order valence-corrected chi connectivity index (χ4v) is 3.45. The molecule has 0 aromatic carbocycles. The fraction of sp³-hybridized carbons (Fsp3) is 0.647. The maximum Gasteiger partial charge on any atom is 0.333 e. The highest BCUT2D eigenvalue weighted by atomic mass is 16.6. The van der Waals surface area contributed by atoms with Gasteiger partial charge in [-0.25, -0.2) is 9.67 Å². The standard InChI is InChI=1S/C17H26N6O3/c1-11-13(3)26-15(19-11)10-22-7-5-14(6-8-22)9-18-17-16(23(24)25)12(2)20-21(17)4/h14,18H,5-10H2,1-4H3. The predicted molar refractivity (Wildman–Crippen MR) is 97.1 cm³/mol. The van der Waals surface area contributed by atoms with Crippen molar-refractivity contribution in [2.75, 3.05) is 25.0 Å². The Kier molecular flexibility index (Phi) is 5.26. The zero-order chi connectivity index (χ0) is 18.8. The van der Waals surface area contributed by atoms with Crippen LogP contribution in [0.1, 0.15) is 35.9 Å². The van der Waals surface area contributed by atoms with Gasteiger partial charge in [0.25, 0.3) is 0 Å². The Hall–Kier alpha value is -2.42. The highest BCUT2D eigenvalue weighted by molar-refractivity contribution is 5.59. The summed E-state index contributed by atoms with van der Waals surface area (Å²) in [5, 5.41) is 18.6. The number of piperidine rings is 1. The van der Waals surface area contributed by atoms with Crippen molar-refractivity contribution in [3.8, 4) is 0 Å². The monoisotopic (exact) mass is 362 g/mol. The molecule has 9 heteroatoms. The third kappa shape index (κ3) is 3.87. The lowest BCUT2D eigenvalue weighted by Gasteiger charge is -2.31. The minimum absolute atomic E-state index is 0.0690. The van der Waals surface area contributed by atoms with Gasteiger partial charge in [-0.3, -0.25) is 15.0 Å². The van der Waals surface area contributed by atoms with Gasteiger partial charge in [0.05, 0.1) is 17.2 Å². The van der Waals surface area contributed by atoms with Crippen molar-refractivity contribution in [3.05, 3.63) is 33.2 Å². The SMILES string of the molecule is Cc1nc(CN2CCC(CNc3c([N+](=O)[O-])c(C)nn3C)CC2)oc1C. The molecule has 1 aliphatic heterocycles. The highest BCUT2D eigenvalue weighted by Gasteiger charge is 2.26. The van der Waals surface area contributed by atoms with Gasteiger partial charge in [0.1, 0.15) is 11.5 Å². The van der Waals surface area contributed by atoms with Crippen LogP contribution in [-0.2, 0) is 13.6 Å². The first kappa shape index (κ1) is 18.4. The Morgan fingerprint density at radius 1 is 1.27 bits per heavy atom. The van der Waals surface area contributed by atoms with Crippen molar-refractivity contribution in [2.24, 2.45) is 13.0 Å². The maximum atomic E-state index is 11.2. The van der Waals surface area contributed by atoms with Gasteiger partial charge in [-0.05, 0) is 52.6 Å². The molecular weight excluding hydrogens is 336 g/mol. The van der Waals surface area contributed by atoms with Gasteiger partial charge in [-0.2, -0.15) is 5.10 Å². The highest BCUT2D eigenvalue weighted by Crippen LogP contribution is 2.28. The van der Waals surface area contributed by atoms with Crippen LogP contribution >= 0.6 is 0 Å². The van der Waals surface area contributed by atoms with Crippen LogP contribution in [-0.4, -0.2) is 44.2 Å². The molecule has 1 N–H and O–H groups in total. The predicted octanol–water partition coefficient (Wildman–Crippen LogP) is 2.57. The Bertz CT molecular complexity index is 769. The molecule has 9 nitrogen and oxygen atoms in total. The van der Waals surface area contributed by atoms with Gasteiger partial charge in [0, 0.05) is 13.6 Å². The summed E-state index contributed by atoms with van der Waals surface area (Å²) in [4.78, 5) is 17.7. The molecule has 1 aliphatic rings. The normalized spacial score (nSPS) is 16.2. The van der Waals surface area contributed by atoms with Gasteiger partial charge < -0.3 is 9.73 Å². The fourth-order valence-electron chi connectivity index (χ4n) is 3.45. The van der Waals surface area contributed by atoms with E-state index >= 15 is 0 Å². The molecule has 0 atom stereocenters. The van der Waals surface area contributed by atoms with Crippen molar-refractivity contribution in [2.45, 2.75) is 40.2 Å². The number of hydrogen-bond donors (Lipinski definition) is 1. The number of rotatable bonds is 6. The van der Waals surface area contributed by atoms with E-state index in [1.54, 1.807) is 18.7 Å². The number of aryl methyl sites for hydroxylation is 4. The molecule has 3 heterocycles. The van der Waals surface area contributed by atoms with Crippen LogP contribution in [0.15, 0.2) is 4.42 Å². The topological polar surface area (TPSA) is 102 Å². The van der Waals surface area contributed by atoms with E-state index < -0.39 is 0 Å². The Balaban J connectivity index is 1.51. The smallest absolute Gasteiger partial charge is 0.333 e. The number of aromatic nitrogens is 3. The summed E-state index contributed by atoms with van der Waals surface area (Å²) in [5.41, 5.74) is 1.46. The van der Waals surface area contributed by atoms with Crippen molar-refractivity contribution in [1.82, 2.24) is 19.7 Å². The lowest BCUT2D eigenvalue weighted by Crippen LogP contribution is -2.35. The first-order chi connectivity index (χ1) is 12.3. The van der Waals surface area contributed by atoms with E-state index in [2.05, 4.69) is 20.3 Å². The Morgan fingerprint density at radius 2 is 1.96 bits per heavy atom. The molecule has 2 aromatic heterocycles. The van der Waals surface area contributed by atoms with Crippen molar-refractivity contribution < 1.29 is 9.34 Å². The number of anilines is 1. The quantitative estimate of drug-likeness (QED) is 0.622. The molecule has 142 valence electrons. The van der Waals surface area contributed by atoms with E-state index in [-0.39, 0.29) is 10.6 Å². The molecule has 0 bridgehead atoms. The van der Waals surface area contributed by atoms with Gasteiger partial charge in [-0.1, -0.05) is 0 Å². The summed E-state index contributed by atoms with van der Waals surface area (Å²) in [5.74, 6) is 2.62. The van der Waals surface area contributed by atoms with Gasteiger partial charge in [0.15, 0.2) is 0 Å². The van der Waals surface area contributed by atoms with E-state index in [1.165, 1.54) is 0 Å². The van der Waals surface area contributed by atoms with Crippen LogP contribution in [0.2, 0.25) is 0 Å². The average molecular weight is 362 g/mol. The number of nitro groups is 1. The van der Waals surface area contributed by atoms with E-state index in [9.17, 15) is 10.1 Å². The minimum atomic E-state index is -0.367. The average Bonchev–Trinajstić information content (AvgIpc) is 3.04. The lowest BCUT2D eigenvalue weighted by atomic mass is 9.97. The number of oxazole rings is 1. The third-order valence-electron chi connectivity index (χ3n) is 5.07. The maximum absolute atomic E-state index is 11.2. The first-order valence-corrected chi connectivity index (χ1v) is 8.92. The van der Waals surface area contributed by atoms with E-state index in [0.29, 0.717) is 24.0 Å². The third-order valence-corrected chi connectivity index (χ3v) is 5.07. The molecule has 3 rings (SSSR count). The molecule has 0 unspecified atom stereocenters. The summed E-state index contributed by atoms with van der Waals surface area (Å²) in [7, 11) is 1.73. The minimum Gasteiger partial charge on any atom is -0.444 e. The molecule has 0 saturated carbocycles. The molecule has 1 fully saturated rings. The number of nitrogens with one attached hydrogen (secondary N) is 1. The van der Waals surface area contributed by atoms with Crippen LogP contribution in [0.5, 0.6) is 0 Å². The lowest BCUT2D eigenvalue weighted by molar-refractivity contribution is -0.384. The van der Waals surface area contributed by atoms with E-state index in [1.807, 2.05) is 13.8 Å². The number of nitrogens with zero attached hydrogens (tertiary/aromatic N) is 5. The molecule has 0 aliphatic carbocycles. The van der Waals surface area contributed by atoms with Crippen molar-refractivity contribution in [3.63, 3.8) is 0 Å². The van der Waals surface area contributed by atoms with Crippen LogP contribution in [0.25, 0.3) is 0 Å². The second kappa shape index (κ2) is 7.45. The molecule has 0 spiro atoms. The van der Waals surface area contributed by atoms with Crippen LogP contribution < -0.4 is 5.32 Å². The zero-order valence-corrected chi connectivity index (χ0v) is 15.8. The summed E-state index contributed by atoms with van der Waals surface area (Å²) < 4.78 is 7.21.